The van der Waals surface area contributed by atoms with E-state index in [1.165, 1.54) is 0 Å². The summed E-state index contributed by atoms with van der Waals surface area (Å²) in [7, 11) is 0. The number of ether oxygens (including phenoxy) is 1. The SMILES string of the molecule is O=C1CCC(N2C(=O)c3cccc(OCCc4ccccc4)c3C2=O)C(=O)N1. The maximum Gasteiger partial charge on any atom is 0.266 e. The number of nitrogens with zero attached hydrogens (tertiary/aromatic N) is 1. The predicted molar refractivity (Wildman–Crippen MR) is 98.8 cm³/mol. The molecule has 2 aromatic rings. The molecule has 2 aliphatic heterocycles. The van der Waals surface area contributed by atoms with Crippen molar-refractivity contribution in [3.05, 3.63) is 65.2 Å². The summed E-state index contributed by atoms with van der Waals surface area (Å²) in [5.74, 6) is -1.81. The second-order valence-corrected chi connectivity index (χ2v) is 6.71. The monoisotopic (exact) mass is 378 g/mol. The summed E-state index contributed by atoms with van der Waals surface area (Å²) in [5, 5.41) is 2.19. The van der Waals surface area contributed by atoms with Crippen LogP contribution in [0.4, 0.5) is 0 Å². The minimum atomic E-state index is -0.984. The summed E-state index contributed by atoms with van der Waals surface area (Å²) in [5.41, 5.74) is 1.49. The Bertz CT molecular complexity index is 970. The lowest BCUT2D eigenvalue weighted by atomic mass is 10.0. The minimum Gasteiger partial charge on any atom is -0.492 e. The Kier molecular flexibility index (Phi) is 4.65. The molecule has 4 amide bonds. The lowest BCUT2D eigenvalue weighted by molar-refractivity contribution is -0.136. The first-order valence-electron chi connectivity index (χ1n) is 9.07. The Balaban J connectivity index is 1.54. The summed E-state index contributed by atoms with van der Waals surface area (Å²) < 4.78 is 5.80. The van der Waals surface area contributed by atoms with E-state index in [0.29, 0.717) is 18.8 Å². The van der Waals surface area contributed by atoms with Gasteiger partial charge in [-0.1, -0.05) is 36.4 Å². The average molecular weight is 378 g/mol. The number of hydrogen-bond donors (Lipinski definition) is 1. The standard InChI is InChI=1S/C21H18N2O5/c24-17-10-9-15(19(25)22-17)23-20(26)14-7-4-8-16(18(14)21(23)27)28-12-11-13-5-2-1-3-6-13/h1-8,15H,9-12H2,(H,22,24,25). The van der Waals surface area contributed by atoms with E-state index in [4.69, 9.17) is 4.74 Å². The molecule has 0 aliphatic carbocycles. The summed E-state index contributed by atoms with van der Waals surface area (Å²) in [6, 6.07) is 13.6. The highest BCUT2D eigenvalue weighted by atomic mass is 16.5. The highest BCUT2D eigenvalue weighted by Crippen LogP contribution is 2.33. The van der Waals surface area contributed by atoms with E-state index >= 15 is 0 Å². The van der Waals surface area contributed by atoms with Gasteiger partial charge < -0.3 is 4.74 Å². The van der Waals surface area contributed by atoms with Crippen LogP contribution in [0.1, 0.15) is 39.1 Å². The van der Waals surface area contributed by atoms with Gasteiger partial charge in [0, 0.05) is 12.8 Å². The summed E-state index contributed by atoms with van der Waals surface area (Å²) >= 11 is 0. The van der Waals surface area contributed by atoms with E-state index in [1.807, 2.05) is 30.3 Å². The van der Waals surface area contributed by atoms with Gasteiger partial charge in [-0.3, -0.25) is 29.4 Å². The van der Waals surface area contributed by atoms with Gasteiger partial charge in [-0.05, 0) is 24.1 Å². The Morgan fingerprint density at radius 3 is 2.50 bits per heavy atom. The van der Waals surface area contributed by atoms with Crippen molar-refractivity contribution in [1.29, 1.82) is 0 Å². The van der Waals surface area contributed by atoms with Gasteiger partial charge >= 0.3 is 0 Å². The van der Waals surface area contributed by atoms with Gasteiger partial charge in [0.25, 0.3) is 11.8 Å². The van der Waals surface area contributed by atoms with Gasteiger partial charge in [-0.25, -0.2) is 0 Å². The predicted octanol–water partition coefficient (Wildman–Crippen LogP) is 1.71. The number of carbonyl (C=O) groups excluding carboxylic acids is 4. The van der Waals surface area contributed by atoms with Crippen molar-refractivity contribution in [2.45, 2.75) is 25.3 Å². The van der Waals surface area contributed by atoms with Crippen LogP contribution in [0.15, 0.2) is 48.5 Å². The highest BCUT2D eigenvalue weighted by Gasteiger charge is 2.45. The largest absolute Gasteiger partial charge is 0.492 e. The molecule has 142 valence electrons. The van der Waals surface area contributed by atoms with E-state index in [9.17, 15) is 19.2 Å². The molecular weight excluding hydrogens is 360 g/mol. The molecule has 0 radical (unpaired) electrons. The molecule has 0 aromatic heterocycles. The number of fused-ring (bicyclic) bond motifs is 1. The number of imide groups is 2. The Morgan fingerprint density at radius 2 is 1.75 bits per heavy atom. The van der Waals surface area contributed by atoms with E-state index < -0.39 is 29.7 Å². The van der Waals surface area contributed by atoms with Crippen molar-refractivity contribution in [3.8, 4) is 5.75 Å². The number of carbonyl (C=O) groups is 4. The van der Waals surface area contributed by atoms with Crippen LogP contribution in [0.3, 0.4) is 0 Å². The van der Waals surface area contributed by atoms with Gasteiger partial charge in [0.2, 0.25) is 11.8 Å². The molecule has 0 spiro atoms. The summed E-state index contributed by atoms with van der Waals surface area (Å²) in [6.45, 7) is 0.348. The number of nitrogens with one attached hydrogen (secondary N) is 1. The zero-order valence-corrected chi connectivity index (χ0v) is 15.0. The van der Waals surface area contributed by atoms with Gasteiger partial charge in [0.15, 0.2) is 0 Å². The Morgan fingerprint density at radius 1 is 0.964 bits per heavy atom. The fraction of sp³-hybridized carbons (Fsp3) is 0.238. The van der Waals surface area contributed by atoms with Crippen LogP contribution in [0.25, 0.3) is 0 Å². The van der Waals surface area contributed by atoms with Crippen molar-refractivity contribution >= 4 is 23.6 Å². The third-order valence-electron chi connectivity index (χ3n) is 4.92. The van der Waals surface area contributed by atoms with Crippen LogP contribution in [0.2, 0.25) is 0 Å². The van der Waals surface area contributed by atoms with E-state index in [0.717, 1.165) is 10.5 Å². The molecule has 2 heterocycles. The quantitative estimate of drug-likeness (QED) is 0.800. The minimum absolute atomic E-state index is 0.0875. The van der Waals surface area contributed by atoms with Crippen LogP contribution < -0.4 is 10.1 Å². The molecule has 7 heteroatoms. The maximum atomic E-state index is 12.9. The fourth-order valence-electron chi connectivity index (χ4n) is 3.53. The van der Waals surface area contributed by atoms with E-state index in [1.54, 1.807) is 18.2 Å². The lowest BCUT2D eigenvalue weighted by Crippen LogP contribution is -2.54. The third-order valence-corrected chi connectivity index (χ3v) is 4.92. The van der Waals surface area contributed by atoms with E-state index in [-0.39, 0.29) is 24.0 Å². The van der Waals surface area contributed by atoms with Crippen LogP contribution in [0, 0.1) is 0 Å². The molecule has 1 saturated heterocycles. The molecule has 2 aliphatic rings. The van der Waals surface area contributed by atoms with Crippen molar-refractivity contribution in [3.63, 3.8) is 0 Å². The van der Waals surface area contributed by atoms with Crippen molar-refractivity contribution in [2.75, 3.05) is 6.61 Å². The molecule has 1 unspecified atom stereocenters. The van der Waals surface area contributed by atoms with Crippen LogP contribution in [0.5, 0.6) is 5.75 Å². The first-order valence-corrected chi connectivity index (χ1v) is 9.07. The Hall–Kier alpha value is -3.48. The second kappa shape index (κ2) is 7.26. The molecule has 1 N–H and O–H groups in total. The number of benzene rings is 2. The molecule has 1 atom stereocenters. The maximum absolute atomic E-state index is 12.9. The summed E-state index contributed by atoms with van der Waals surface area (Å²) in [6.07, 6.45) is 0.869. The smallest absolute Gasteiger partial charge is 0.266 e. The molecule has 0 bridgehead atoms. The van der Waals surface area contributed by atoms with Gasteiger partial charge in [-0.15, -0.1) is 0 Å². The Labute approximate surface area is 161 Å². The molecule has 1 fully saturated rings. The fourth-order valence-corrected chi connectivity index (χ4v) is 3.53. The van der Waals surface area contributed by atoms with Gasteiger partial charge in [-0.2, -0.15) is 0 Å². The van der Waals surface area contributed by atoms with Crippen molar-refractivity contribution in [2.24, 2.45) is 0 Å². The number of piperidine rings is 1. The van der Waals surface area contributed by atoms with Crippen LogP contribution in [-0.2, 0) is 16.0 Å². The normalized spacial score (nSPS) is 18.9. The molecule has 7 nitrogen and oxygen atoms in total. The number of hydrogen-bond acceptors (Lipinski definition) is 5. The van der Waals surface area contributed by atoms with Crippen LogP contribution in [-0.4, -0.2) is 41.2 Å². The third kappa shape index (κ3) is 3.15. The molecular formula is C21H18N2O5. The molecule has 2 aromatic carbocycles. The summed E-state index contributed by atoms with van der Waals surface area (Å²) in [4.78, 5) is 50.2. The van der Waals surface area contributed by atoms with Crippen LogP contribution >= 0.6 is 0 Å². The van der Waals surface area contributed by atoms with E-state index in [2.05, 4.69) is 5.32 Å². The van der Waals surface area contributed by atoms with Crippen molar-refractivity contribution < 1.29 is 23.9 Å². The molecule has 4 rings (SSSR count). The molecule has 28 heavy (non-hydrogen) atoms. The molecule has 0 saturated carbocycles. The number of rotatable bonds is 5. The highest BCUT2D eigenvalue weighted by molar-refractivity contribution is 6.24. The zero-order valence-electron chi connectivity index (χ0n) is 15.0. The zero-order chi connectivity index (χ0) is 19.7. The topological polar surface area (TPSA) is 92.8 Å². The second-order valence-electron chi connectivity index (χ2n) is 6.71. The number of amides is 4. The first-order chi connectivity index (χ1) is 13.6. The van der Waals surface area contributed by atoms with Gasteiger partial charge in [0.05, 0.1) is 17.7 Å². The first kappa shape index (κ1) is 17.9. The van der Waals surface area contributed by atoms with Gasteiger partial charge in [0.1, 0.15) is 11.8 Å². The lowest BCUT2D eigenvalue weighted by Gasteiger charge is -2.27. The van der Waals surface area contributed by atoms with Crippen molar-refractivity contribution in [1.82, 2.24) is 10.2 Å². The average Bonchev–Trinajstić information content (AvgIpc) is 2.94.